The van der Waals surface area contributed by atoms with Crippen LogP contribution in [-0.2, 0) is 4.84 Å². The van der Waals surface area contributed by atoms with Gasteiger partial charge in [0.25, 0.3) is 0 Å². The first kappa shape index (κ1) is 13.3. The molecule has 6 rings (SSSR count). The highest BCUT2D eigenvalue weighted by molar-refractivity contribution is 7.21. The molecule has 1 aromatic carbocycles. The first-order valence-electron chi connectivity index (χ1n) is 7.69. The zero-order valence-electron chi connectivity index (χ0n) is 12.0. The summed E-state index contributed by atoms with van der Waals surface area (Å²) in [7, 11) is 0. The molecule has 1 spiro atoms. The Labute approximate surface area is 137 Å². The van der Waals surface area contributed by atoms with Crippen LogP contribution in [0.1, 0.15) is 17.7 Å². The van der Waals surface area contributed by atoms with Crippen LogP contribution in [0.4, 0.5) is 0 Å². The van der Waals surface area contributed by atoms with Crippen molar-refractivity contribution in [3.05, 3.63) is 34.2 Å². The predicted molar refractivity (Wildman–Crippen MR) is 89.5 cm³/mol. The number of halogens is 1. The van der Waals surface area contributed by atoms with Gasteiger partial charge >= 0.3 is 0 Å². The van der Waals surface area contributed by atoms with Gasteiger partial charge in [0.15, 0.2) is 5.84 Å². The van der Waals surface area contributed by atoms with Crippen LogP contribution in [0.3, 0.4) is 0 Å². The fourth-order valence-electron chi connectivity index (χ4n) is 3.87. The van der Waals surface area contributed by atoms with Gasteiger partial charge in [0.05, 0.1) is 16.4 Å². The number of hydrogen-bond donors (Lipinski definition) is 1. The average Bonchev–Trinajstić information content (AvgIpc) is 3.11. The van der Waals surface area contributed by atoms with Crippen LogP contribution in [0.2, 0.25) is 5.02 Å². The van der Waals surface area contributed by atoms with Crippen LogP contribution in [-0.4, -0.2) is 36.1 Å². The summed E-state index contributed by atoms with van der Waals surface area (Å²) < 4.78 is 1.18. The van der Waals surface area contributed by atoms with Crippen molar-refractivity contribution in [1.29, 1.82) is 0 Å². The molecule has 0 amide bonds. The highest BCUT2D eigenvalue weighted by Crippen LogP contribution is 2.43. The van der Waals surface area contributed by atoms with E-state index in [9.17, 15) is 0 Å². The summed E-state index contributed by atoms with van der Waals surface area (Å²) in [5, 5.41) is 1.86. The van der Waals surface area contributed by atoms with Crippen molar-refractivity contribution < 1.29 is 4.84 Å². The second kappa shape index (κ2) is 4.68. The summed E-state index contributed by atoms with van der Waals surface area (Å²) in [6.07, 6.45) is 2.33. The Kier molecular flexibility index (Phi) is 2.83. The zero-order valence-corrected chi connectivity index (χ0v) is 13.6. The summed E-state index contributed by atoms with van der Waals surface area (Å²) in [6.45, 7) is 3.23. The molecule has 0 aliphatic carbocycles. The first-order valence-corrected chi connectivity index (χ1v) is 8.88. The molecule has 0 saturated carbocycles. The van der Waals surface area contributed by atoms with Gasteiger partial charge in [0.2, 0.25) is 5.72 Å². The Balaban J connectivity index is 1.58. The highest BCUT2D eigenvalue weighted by atomic mass is 35.5. The molecule has 22 heavy (non-hydrogen) atoms. The highest BCUT2D eigenvalue weighted by Gasteiger charge is 2.51. The van der Waals surface area contributed by atoms with Gasteiger partial charge in [-0.05, 0) is 32.0 Å². The molecule has 0 radical (unpaired) electrons. The number of aliphatic imine (C=N–C) groups is 1. The smallest absolute Gasteiger partial charge is 0.202 e. The number of hydrogen-bond acceptors (Lipinski definition) is 5. The van der Waals surface area contributed by atoms with E-state index in [0.29, 0.717) is 5.92 Å². The molecule has 1 atom stereocenters. The third-order valence-electron chi connectivity index (χ3n) is 5.05. The molecular weight excluding hydrogens is 318 g/mol. The van der Waals surface area contributed by atoms with Gasteiger partial charge in [-0.15, -0.1) is 11.3 Å². The first-order chi connectivity index (χ1) is 10.8. The Hall–Kier alpha value is -1.14. The second-order valence-electron chi connectivity index (χ2n) is 6.30. The molecule has 4 aliphatic rings. The minimum absolute atomic E-state index is 0.411. The monoisotopic (exact) mass is 333 g/mol. The lowest BCUT2D eigenvalue weighted by atomic mass is 9.81. The van der Waals surface area contributed by atoms with Crippen LogP contribution >= 0.6 is 22.9 Å². The molecule has 114 valence electrons. The molecule has 4 aliphatic heterocycles. The van der Waals surface area contributed by atoms with Gasteiger partial charge in [0.1, 0.15) is 0 Å². The molecule has 2 aromatic rings. The molecule has 1 aromatic heterocycles. The number of nitrogens with one attached hydrogen (secondary N) is 1. The summed E-state index contributed by atoms with van der Waals surface area (Å²) in [6, 6.07) is 8.20. The number of piperidine rings is 3. The Morgan fingerprint density at radius 1 is 1.32 bits per heavy atom. The Morgan fingerprint density at radius 3 is 2.86 bits per heavy atom. The van der Waals surface area contributed by atoms with Crippen LogP contribution in [0, 0.1) is 5.92 Å². The maximum atomic E-state index is 6.57. The molecule has 6 heteroatoms. The van der Waals surface area contributed by atoms with E-state index in [2.05, 4.69) is 22.5 Å². The van der Waals surface area contributed by atoms with Crippen molar-refractivity contribution >= 4 is 38.9 Å². The van der Waals surface area contributed by atoms with Crippen molar-refractivity contribution in [3.63, 3.8) is 0 Å². The molecule has 3 fully saturated rings. The maximum absolute atomic E-state index is 6.57. The van der Waals surface area contributed by atoms with E-state index < -0.39 is 5.72 Å². The van der Waals surface area contributed by atoms with Crippen LogP contribution in [0.25, 0.3) is 10.1 Å². The van der Waals surface area contributed by atoms with Crippen molar-refractivity contribution in [2.75, 3.05) is 19.6 Å². The minimum atomic E-state index is -0.411. The molecule has 0 unspecified atom stereocenters. The number of amidine groups is 1. The van der Waals surface area contributed by atoms with Gasteiger partial charge in [-0.2, -0.15) is 0 Å². The van der Waals surface area contributed by atoms with Crippen LogP contribution in [0.15, 0.2) is 29.3 Å². The number of fused-ring (bicyclic) bond motifs is 3. The maximum Gasteiger partial charge on any atom is 0.202 e. The zero-order chi connectivity index (χ0) is 14.7. The lowest BCUT2D eigenvalue weighted by Gasteiger charge is -2.47. The average molecular weight is 334 g/mol. The number of hydroxylamine groups is 1. The van der Waals surface area contributed by atoms with Crippen molar-refractivity contribution in [1.82, 2.24) is 10.4 Å². The standard InChI is InChI=1S/C16H16ClN3OS/c17-13-11-3-1-2-4-12(11)22-14(13)15-18-16(21-19-15)9-20-7-5-10(16)6-8-20/h1-4,10H,5-9H2,(H,18,19)/t16-/m0/s1. The van der Waals surface area contributed by atoms with Crippen LogP contribution in [0.5, 0.6) is 0 Å². The van der Waals surface area contributed by atoms with Gasteiger partial charge in [-0.1, -0.05) is 29.8 Å². The summed E-state index contributed by atoms with van der Waals surface area (Å²) in [5.41, 5.74) is 2.66. The largest absolute Gasteiger partial charge is 0.298 e. The third kappa shape index (κ3) is 1.80. The van der Waals surface area contributed by atoms with Crippen molar-refractivity contribution in [2.24, 2.45) is 10.9 Å². The third-order valence-corrected chi connectivity index (χ3v) is 6.73. The fourth-order valence-corrected chi connectivity index (χ4v) is 5.33. The molecule has 1 N–H and O–H groups in total. The van der Waals surface area contributed by atoms with E-state index in [0.717, 1.165) is 27.7 Å². The number of benzene rings is 1. The van der Waals surface area contributed by atoms with Crippen molar-refractivity contribution in [3.8, 4) is 0 Å². The normalized spacial score (nSPS) is 33.4. The Bertz CT molecular complexity index is 781. The van der Waals surface area contributed by atoms with E-state index in [-0.39, 0.29) is 0 Å². The summed E-state index contributed by atoms with van der Waals surface area (Å²) >= 11 is 8.24. The fraction of sp³-hybridized carbons (Fsp3) is 0.438. The summed E-state index contributed by atoms with van der Waals surface area (Å²) in [5.74, 6) is 1.30. The number of rotatable bonds is 1. The van der Waals surface area contributed by atoms with Gasteiger partial charge in [-0.3, -0.25) is 4.90 Å². The molecule has 4 nitrogen and oxygen atoms in total. The number of nitrogens with zero attached hydrogens (tertiary/aromatic N) is 2. The predicted octanol–water partition coefficient (Wildman–Crippen LogP) is 3.26. The van der Waals surface area contributed by atoms with E-state index in [4.69, 9.17) is 21.4 Å². The SMILES string of the molecule is Clc1c(C2=N[C@@]3(CN4CCC3CC4)ON2)sc2ccccc12. The molecule has 5 heterocycles. The molecule has 3 saturated heterocycles. The summed E-state index contributed by atoms with van der Waals surface area (Å²) in [4.78, 5) is 14.4. The lowest BCUT2D eigenvalue weighted by molar-refractivity contribution is -0.155. The molecule has 2 bridgehead atoms. The van der Waals surface area contributed by atoms with Gasteiger partial charge in [-0.25, -0.2) is 15.3 Å². The minimum Gasteiger partial charge on any atom is -0.298 e. The molecular formula is C16H16ClN3OS. The topological polar surface area (TPSA) is 36.9 Å². The number of thiophene rings is 1. The quantitative estimate of drug-likeness (QED) is 0.870. The van der Waals surface area contributed by atoms with E-state index in [1.165, 1.54) is 30.6 Å². The van der Waals surface area contributed by atoms with Crippen LogP contribution < -0.4 is 5.48 Å². The Morgan fingerprint density at radius 2 is 2.14 bits per heavy atom. The van der Waals surface area contributed by atoms with Gasteiger partial charge in [0, 0.05) is 16.0 Å². The van der Waals surface area contributed by atoms with E-state index >= 15 is 0 Å². The van der Waals surface area contributed by atoms with E-state index in [1.807, 2.05) is 12.1 Å². The van der Waals surface area contributed by atoms with Crippen molar-refractivity contribution in [2.45, 2.75) is 18.6 Å². The van der Waals surface area contributed by atoms with Gasteiger partial charge < -0.3 is 0 Å². The lowest BCUT2D eigenvalue weighted by Crippen LogP contribution is -2.58. The second-order valence-corrected chi connectivity index (χ2v) is 7.73. The van der Waals surface area contributed by atoms with E-state index in [1.54, 1.807) is 11.3 Å².